The average molecular weight is 341 g/mol. The highest BCUT2D eigenvalue weighted by atomic mass is 16.6. The molecule has 7 heteroatoms. The Balaban J connectivity index is 1.97. The van der Waals surface area contributed by atoms with Gasteiger partial charge in [0.1, 0.15) is 0 Å². The van der Waals surface area contributed by atoms with Crippen molar-refractivity contribution in [1.82, 2.24) is 4.98 Å². The van der Waals surface area contributed by atoms with Crippen LogP contribution in [0.1, 0.15) is 25.2 Å². The van der Waals surface area contributed by atoms with Crippen LogP contribution >= 0.6 is 0 Å². The van der Waals surface area contributed by atoms with E-state index in [1.165, 1.54) is 12.1 Å². The van der Waals surface area contributed by atoms with Gasteiger partial charge in [-0.3, -0.25) is 4.79 Å². The summed E-state index contributed by atoms with van der Waals surface area (Å²) in [6, 6.07) is 3.07. The van der Waals surface area contributed by atoms with Gasteiger partial charge in [0.05, 0.1) is 65.1 Å². The lowest BCUT2D eigenvalue weighted by molar-refractivity contribution is -0.0481. The van der Waals surface area contributed by atoms with Gasteiger partial charge >= 0.3 is 0 Å². The van der Waals surface area contributed by atoms with Gasteiger partial charge in [0, 0.05) is 23.5 Å². The van der Waals surface area contributed by atoms with E-state index in [-0.39, 0.29) is 17.6 Å². The second-order valence-electron chi connectivity index (χ2n) is 5.87. The Morgan fingerprint density at radius 1 is 0.833 bits per heavy atom. The highest BCUT2D eigenvalue weighted by Gasteiger charge is 2.08. The second-order valence-corrected chi connectivity index (χ2v) is 5.87. The highest BCUT2D eigenvalue weighted by Crippen LogP contribution is 2.04. The van der Waals surface area contributed by atoms with E-state index in [9.17, 15) is 4.79 Å². The van der Waals surface area contributed by atoms with Gasteiger partial charge in [-0.1, -0.05) is 0 Å². The summed E-state index contributed by atoms with van der Waals surface area (Å²) in [4.78, 5) is 15.0. The fourth-order valence-electron chi connectivity index (χ4n) is 2.22. The fourth-order valence-corrected chi connectivity index (χ4v) is 2.22. The molecule has 0 fully saturated rings. The van der Waals surface area contributed by atoms with E-state index in [4.69, 9.17) is 23.7 Å². The number of hydrogen-bond donors (Lipinski definition) is 1. The largest absolute Gasteiger partial charge is 0.377 e. The van der Waals surface area contributed by atoms with Crippen LogP contribution in [0.5, 0.6) is 0 Å². The Labute approximate surface area is 142 Å². The molecular formula is C17H27NO6. The first-order valence-electron chi connectivity index (χ1n) is 8.32. The molecule has 0 aromatic carbocycles. The molecule has 0 spiro atoms. The summed E-state index contributed by atoms with van der Waals surface area (Å²) < 4.78 is 27.8. The number of hydrogen-bond acceptors (Lipinski definition) is 6. The minimum atomic E-state index is -0.0735. The lowest BCUT2D eigenvalue weighted by atomic mass is 10.3. The summed E-state index contributed by atoms with van der Waals surface area (Å²) in [5, 5.41) is 0. The third-order valence-electron chi connectivity index (χ3n) is 3.45. The zero-order valence-corrected chi connectivity index (χ0v) is 14.4. The molecule has 2 heterocycles. The monoisotopic (exact) mass is 341 g/mol. The summed E-state index contributed by atoms with van der Waals surface area (Å²) in [5.41, 5.74) is 1.38. The third kappa shape index (κ3) is 7.55. The molecular weight excluding hydrogens is 314 g/mol. The van der Waals surface area contributed by atoms with Crippen LogP contribution in [0, 0.1) is 0 Å². The van der Waals surface area contributed by atoms with Gasteiger partial charge < -0.3 is 28.7 Å². The topological polar surface area (TPSA) is 79.0 Å². The van der Waals surface area contributed by atoms with Crippen molar-refractivity contribution in [2.24, 2.45) is 0 Å². The number of pyridine rings is 1. The molecule has 0 amide bonds. The van der Waals surface area contributed by atoms with Crippen LogP contribution in [0.3, 0.4) is 0 Å². The van der Waals surface area contributed by atoms with Crippen molar-refractivity contribution in [3.8, 4) is 0 Å². The normalized spacial score (nSPS) is 25.6. The van der Waals surface area contributed by atoms with Crippen molar-refractivity contribution in [2.75, 3.05) is 39.6 Å². The van der Waals surface area contributed by atoms with E-state index in [2.05, 4.69) is 4.98 Å². The van der Waals surface area contributed by atoms with Crippen molar-refractivity contribution in [3.63, 3.8) is 0 Å². The number of fused-ring (bicyclic) bond motifs is 2. The van der Waals surface area contributed by atoms with E-state index in [1.807, 2.05) is 13.8 Å². The first-order valence-corrected chi connectivity index (χ1v) is 8.32. The number of ether oxygens (including phenoxy) is 5. The smallest absolute Gasteiger partial charge is 0.182 e. The van der Waals surface area contributed by atoms with Gasteiger partial charge in [0.25, 0.3) is 0 Å². The van der Waals surface area contributed by atoms with Crippen LogP contribution in [0.25, 0.3) is 0 Å². The molecule has 1 aliphatic heterocycles. The molecule has 2 rings (SSSR count). The molecule has 7 nitrogen and oxygen atoms in total. The first kappa shape index (κ1) is 19.1. The molecule has 1 aromatic heterocycles. The van der Waals surface area contributed by atoms with Crippen molar-refractivity contribution in [1.29, 1.82) is 0 Å². The van der Waals surface area contributed by atoms with Crippen molar-refractivity contribution in [2.45, 2.75) is 39.3 Å². The Morgan fingerprint density at radius 2 is 1.29 bits per heavy atom. The standard InChI is InChI=1S/C17H27NO6/c1-13-9-21-5-3-20-4-6-22-10-14(2)24-12-16-8-17(19)7-15(18-16)11-23-13/h7-8,13-14H,3-6,9-12H2,1-2H3,(H,18,19)/t13-,14-/m0/s1. The molecule has 2 bridgehead atoms. The molecule has 0 radical (unpaired) electrons. The maximum absolute atomic E-state index is 11.8. The Morgan fingerprint density at radius 3 is 1.79 bits per heavy atom. The van der Waals surface area contributed by atoms with Crippen LogP contribution < -0.4 is 5.43 Å². The zero-order valence-electron chi connectivity index (χ0n) is 14.4. The van der Waals surface area contributed by atoms with Crippen LogP contribution in [-0.2, 0) is 36.9 Å². The summed E-state index contributed by atoms with van der Waals surface area (Å²) in [6.07, 6.45) is -0.147. The van der Waals surface area contributed by atoms with E-state index in [0.29, 0.717) is 52.9 Å². The van der Waals surface area contributed by atoms with E-state index < -0.39 is 0 Å². The van der Waals surface area contributed by atoms with Gasteiger partial charge in [-0.15, -0.1) is 0 Å². The fraction of sp³-hybridized carbons (Fsp3) is 0.706. The predicted octanol–water partition coefficient (Wildman–Crippen LogP) is 1.25. The van der Waals surface area contributed by atoms with Crippen LogP contribution in [0.2, 0.25) is 0 Å². The maximum atomic E-state index is 11.8. The van der Waals surface area contributed by atoms with Crippen LogP contribution in [0.4, 0.5) is 0 Å². The molecule has 2 atom stereocenters. The van der Waals surface area contributed by atoms with Gasteiger partial charge in [-0.25, -0.2) is 0 Å². The molecule has 1 aromatic rings. The van der Waals surface area contributed by atoms with E-state index in [0.717, 1.165) is 11.4 Å². The van der Waals surface area contributed by atoms with Crippen molar-refractivity contribution in [3.05, 3.63) is 33.7 Å². The Hall–Kier alpha value is -1.25. The predicted molar refractivity (Wildman–Crippen MR) is 88.0 cm³/mol. The molecule has 136 valence electrons. The highest BCUT2D eigenvalue weighted by molar-refractivity contribution is 5.10. The minimum Gasteiger partial charge on any atom is -0.377 e. The van der Waals surface area contributed by atoms with Crippen molar-refractivity contribution < 1.29 is 23.7 Å². The number of aromatic nitrogens is 1. The van der Waals surface area contributed by atoms with Gasteiger partial charge in [0.2, 0.25) is 0 Å². The average Bonchev–Trinajstić information content (AvgIpc) is 2.55. The van der Waals surface area contributed by atoms with Gasteiger partial charge in [-0.05, 0) is 13.8 Å². The molecule has 1 aliphatic rings. The molecule has 0 saturated heterocycles. The summed E-state index contributed by atoms with van der Waals surface area (Å²) >= 11 is 0. The summed E-state index contributed by atoms with van der Waals surface area (Å²) in [6.45, 7) is 7.54. The number of H-pyrrole nitrogens is 1. The lowest BCUT2D eigenvalue weighted by Gasteiger charge is -2.16. The minimum absolute atomic E-state index is 0.0645. The summed E-state index contributed by atoms with van der Waals surface area (Å²) in [7, 11) is 0. The molecule has 0 saturated carbocycles. The van der Waals surface area contributed by atoms with Gasteiger partial charge in [-0.2, -0.15) is 0 Å². The van der Waals surface area contributed by atoms with Crippen LogP contribution in [0.15, 0.2) is 16.9 Å². The second kappa shape index (κ2) is 10.6. The number of aromatic amines is 1. The molecule has 0 aliphatic carbocycles. The number of rotatable bonds is 0. The maximum Gasteiger partial charge on any atom is 0.182 e. The number of nitrogens with one attached hydrogen (secondary N) is 1. The van der Waals surface area contributed by atoms with Crippen LogP contribution in [-0.4, -0.2) is 56.8 Å². The third-order valence-corrected chi connectivity index (χ3v) is 3.45. The van der Waals surface area contributed by atoms with E-state index >= 15 is 0 Å². The first-order chi connectivity index (χ1) is 11.6. The Bertz CT molecular complexity index is 491. The zero-order chi connectivity index (χ0) is 17.2. The van der Waals surface area contributed by atoms with E-state index in [1.54, 1.807) is 0 Å². The molecule has 24 heavy (non-hydrogen) atoms. The van der Waals surface area contributed by atoms with Gasteiger partial charge in [0.15, 0.2) is 5.43 Å². The SMILES string of the molecule is C[C@H]1COCCOCCOC[C@H](C)OCc2cc(=O)cc([nH]2)CO1. The lowest BCUT2D eigenvalue weighted by Crippen LogP contribution is -2.21. The molecule has 1 N–H and O–H groups in total. The summed E-state index contributed by atoms with van der Waals surface area (Å²) in [5.74, 6) is 0. The Kier molecular flexibility index (Phi) is 8.41. The van der Waals surface area contributed by atoms with Crippen molar-refractivity contribution >= 4 is 0 Å². The molecule has 0 unspecified atom stereocenters. The quantitative estimate of drug-likeness (QED) is 0.765.